The fraction of sp³-hybridized carbons (Fsp3) is 1.00. The largest absolute Gasteiger partial charge is 0.386 e. The molecule has 0 heterocycles. The highest BCUT2D eigenvalue weighted by Crippen LogP contribution is 2.08. The molecule has 0 bridgehead atoms. The highest BCUT2D eigenvalue weighted by atomic mass is 16.6. The Labute approximate surface area is 72.7 Å². The summed E-state index contributed by atoms with van der Waals surface area (Å²) in [5.74, 6) is 0. The first-order valence-electron chi connectivity index (χ1n) is 4.41. The van der Waals surface area contributed by atoms with Crippen LogP contribution in [0.4, 0.5) is 0 Å². The molecule has 0 aromatic heterocycles. The van der Waals surface area contributed by atoms with Gasteiger partial charge in [-0.1, -0.05) is 26.2 Å². The standard InChI is InChI=1S/C8H17NO3/c1-3-4-5-6-8(10)7(2)9(11)12/h7-8,10H,3-6H2,1-2H3/t7-,8-/m1/s1. The Bertz CT molecular complexity index is 138. The molecule has 2 atom stereocenters. The molecule has 0 aliphatic rings. The lowest BCUT2D eigenvalue weighted by atomic mass is 10.1. The number of aliphatic hydroxyl groups excluding tert-OH is 1. The van der Waals surface area contributed by atoms with E-state index in [0.717, 1.165) is 19.3 Å². The van der Waals surface area contributed by atoms with Gasteiger partial charge in [0.2, 0.25) is 6.04 Å². The first-order valence-corrected chi connectivity index (χ1v) is 4.41. The molecular weight excluding hydrogens is 158 g/mol. The topological polar surface area (TPSA) is 63.4 Å². The van der Waals surface area contributed by atoms with Crippen molar-refractivity contribution < 1.29 is 10.0 Å². The maximum absolute atomic E-state index is 10.2. The second-order valence-corrected chi connectivity index (χ2v) is 3.09. The summed E-state index contributed by atoms with van der Waals surface area (Å²) in [6.45, 7) is 3.50. The van der Waals surface area contributed by atoms with Crippen LogP contribution in [-0.4, -0.2) is 22.2 Å². The summed E-state index contributed by atoms with van der Waals surface area (Å²) >= 11 is 0. The van der Waals surface area contributed by atoms with Crippen LogP contribution in [0.3, 0.4) is 0 Å². The van der Waals surface area contributed by atoms with Crippen LogP contribution < -0.4 is 0 Å². The van der Waals surface area contributed by atoms with Crippen molar-refractivity contribution in [1.29, 1.82) is 0 Å². The Kier molecular flexibility index (Phi) is 5.62. The van der Waals surface area contributed by atoms with Gasteiger partial charge >= 0.3 is 0 Å². The second kappa shape index (κ2) is 5.94. The van der Waals surface area contributed by atoms with Crippen LogP contribution >= 0.6 is 0 Å². The minimum Gasteiger partial charge on any atom is -0.386 e. The molecule has 0 spiro atoms. The number of nitro groups is 1. The number of hydrogen-bond donors (Lipinski definition) is 1. The van der Waals surface area contributed by atoms with Gasteiger partial charge in [0.1, 0.15) is 6.10 Å². The maximum atomic E-state index is 10.2. The number of hydrogen-bond acceptors (Lipinski definition) is 3. The normalized spacial score (nSPS) is 15.6. The van der Waals surface area contributed by atoms with E-state index in [-0.39, 0.29) is 0 Å². The van der Waals surface area contributed by atoms with Crippen LogP contribution in [0.5, 0.6) is 0 Å². The molecule has 0 aromatic carbocycles. The third-order valence-electron chi connectivity index (χ3n) is 1.99. The van der Waals surface area contributed by atoms with E-state index in [9.17, 15) is 15.2 Å². The predicted octanol–water partition coefficient (Wildman–Crippen LogP) is 1.59. The quantitative estimate of drug-likeness (QED) is 0.379. The van der Waals surface area contributed by atoms with E-state index in [0.29, 0.717) is 6.42 Å². The summed E-state index contributed by atoms with van der Waals surface area (Å²) in [7, 11) is 0. The van der Waals surface area contributed by atoms with Crippen molar-refractivity contribution in [2.45, 2.75) is 51.7 Å². The van der Waals surface area contributed by atoms with Gasteiger partial charge in [-0.3, -0.25) is 10.1 Å². The number of unbranched alkanes of at least 4 members (excludes halogenated alkanes) is 2. The number of nitrogens with zero attached hydrogens (tertiary/aromatic N) is 1. The molecule has 4 heteroatoms. The molecule has 0 rings (SSSR count). The second-order valence-electron chi connectivity index (χ2n) is 3.09. The van der Waals surface area contributed by atoms with Gasteiger partial charge in [-0.15, -0.1) is 0 Å². The Hall–Kier alpha value is -0.640. The molecule has 0 unspecified atom stereocenters. The van der Waals surface area contributed by atoms with Crippen molar-refractivity contribution in [2.75, 3.05) is 0 Å². The van der Waals surface area contributed by atoms with Crippen LogP contribution in [0.15, 0.2) is 0 Å². The van der Waals surface area contributed by atoms with Crippen LogP contribution in [0.2, 0.25) is 0 Å². The Morgan fingerprint density at radius 3 is 2.50 bits per heavy atom. The molecule has 0 saturated heterocycles. The van der Waals surface area contributed by atoms with Gasteiger partial charge in [-0.25, -0.2) is 0 Å². The smallest absolute Gasteiger partial charge is 0.235 e. The summed E-state index contributed by atoms with van der Waals surface area (Å²) < 4.78 is 0. The summed E-state index contributed by atoms with van der Waals surface area (Å²) in [6.07, 6.45) is 2.72. The van der Waals surface area contributed by atoms with E-state index in [1.54, 1.807) is 0 Å². The molecule has 0 fully saturated rings. The molecule has 0 amide bonds. The van der Waals surface area contributed by atoms with E-state index in [1.165, 1.54) is 6.92 Å². The summed E-state index contributed by atoms with van der Waals surface area (Å²) in [4.78, 5) is 9.79. The van der Waals surface area contributed by atoms with Crippen molar-refractivity contribution >= 4 is 0 Å². The highest BCUT2D eigenvalue weighted by molar-refractivity contribution is 4.62. The van der Waals surface area contributed by atoms with Crippen LogP contribution in [0.1, 0.15) is 39.5 Å². The SMILES string of the molecule is CCCCC[C@@H](O)[C@@H](C)[N+](=O)[O-]. The van der Waals surface area contributed by atoms with E-state index in [2.05, 4.69) is 6.92 Å². The number of rotatable bonds is 6. The van der Waals surface area contributed by atoms with Gasteiger partial charge in [-0.2, -0.15) is 0 Å². The van der Waals surface area contributed by atoms with E-state index in [1.807, 2.05) is 0 Å². The third kappa shape index (κ3) is 4.28. The summed E-state index contributed by atoms with van der Waals surface area (Å²) in [5.41, 5.74) is 0. The zero-order chi connectivity index (χ0) is 9.56. The molecule has 0 saturated carbocycles. The average Bonchev–Trinajstić information content (AvgIpc) is 2.03. The van der Waals surface area contributed by atoms with Crippen molar-refractivity contribution in [3.8, 4) is 0 Å². The molecule has 0 radical (unpaired) electrons. The number of aliphatic hydroxyl groups is 1. The predicted molar refractivity (Wildman–Crippen MR) is 46.6 cm³/mol. The molecule has 0 aromatic rings. The molecular formula is C8H17NO3. The molecule has 72 valence electrons. The van der Waals surface area contributed by atoms with Crippen molar-refractivity contribution in [3.63, 3.8) is 0 Å². The van der Waals surface area contributed by atoms with Crippen LogP contribution in [0, 0.1) is 10.1 Å². The van der Waals surface area contributed by atoms with Gasteiger partial charge in [0.25, 0.3) is 0 Å². The molecule has 1 N–H and O–H groups in total. The van der Waals surface area contributed by atoms with E-state index < -0.39 is 17.1 Å². The Morgan fingerprint density at radius 2 is 2.08 bits per heavy atom. The first kappa shape index (κ1) is 11.4. The lowest BCUT2D eigenvalue weighted by molar-refractivity contribution is -0.530. The molecule has 4 nitrogen and oxygen atoms in total. The average molecular weight is 175 g/mol. The molecule has 12 heavy (non-hydrogen) atoms. The molecule has 0 aliphatic heterocycles. The lowest BCUT2D eigenvalue weighted by Gasteiger charge is -2.11. The van der Waals surface area contributed by atoms with Crippen molar-refractivity contribution in [3.05, 3.63) is 10.1 Å². The van der Waals surface area contributed by atoms with Gasteiger partial charge < -0.3 is 5.11 Å². The van der Waals surface area contributed by atoms with Crippen molar-refractivity contribution in [1.82, 2.24) is 0 Å². The first-order chi connectivity index (χ1) is 5.59. The monoisotopic (exact) mass is 175 g/mol. The minimum absolute atomic E-state index is 0.434. The van der Waals surface area contributed by atoms with Crippen LogP contribution in [0.25, 0.3) is 0 Å². The summed E-state index contributed by atoms with van der Waals surface area (Å²) in [5, 5.41) is 19.5. The minimum atomic E-state index is -0.832. The lowest BCUT2D eigenvalue weighted by Crippen LogP contribution is -2.30. The van der Waals surface area contributed by atoms with Gasteiger partial charge in [0.05, 0.1) is 0 Å². The van der Waals surface area contributed by atoms with E-state index in [4.69, 9.17) is 0 Å². The third-order valence-corrected chi connectivity index (χ3v) is 1.99. The fourth-order valence-corrected chi connectivity index (χ4v) is 0.985. The van der Waals surface area contributed by atoms with Crippen molar-refractivity contribution in [2.24, 2.45) is 0 Å². The van der Waals surface area contributed by atoms with Crippen LogP contribution in [-0.2, 0) is 0 Å². The summed E-state index contributed by atoms with van der Waals surface area (Å²) in [6, 6.07) is -0.832. The Balaban J connectivity index is 3.56. The highest BCUT2D eigenvalue weighted by Gasteiger charge is 2.22. The maximum Gasteiger partial charge on any atom is 0.235 e. The van der Waals surface area contributed by atoms with Gasteiger partial charge in [-0.05, 0) is 6.42 Å². The molecule has 0 aliphatic carbocycles. The zero-order valence-corrected chi connectivity index (χ0v) is 7.69. The Morgan fingerprint density at radius 1 is 1.50 bits per heavy atom. The van der Waals surface area contributed by atoms with Gasteiger partial charge in [0.15, 0.2) is 0 Å². The zero-order valence-electron chi connectivity index (χ0n) is 7.69. The van der Waals surface area contributed by atoms with E-state index >= 15 is 0 Å². The van der Waals surface area contributed by atoms with Gasteiger partial charge in [0, 0.05) is 11.8 Å². The fourth-order valence-electron chi connectivity index (χ4n) is 0.985.